The number of hydrogen-bond donors (Lipinski definition) is 3. The van der Waals surface area contributed by atoms with Crippen LogP contribution in [0.4, 0.5) is 0 Å². The molecular formula is C19H23Cl3I2O10S2. The van der Waals surface area contributed by atoms with Gasteiger partial charge in [-0.25, -0.2) is 13.8 Å². The zero-order chi connectivity index (χ0) is 28.9. The number of aryl methyl sites for hydroxylation is 1. The Morgan fingerprint density at radius 3 is 1.64 bits per heavy atom. The fraction of sp³-hybridized carbons (Fsp3) is 0.263. The number of hydrogen-bond acceptors (Lipinski definition) is 7. The highest BCUT2D eigenvalue weighted by Crippen LogP contribution is 2.20. The summed E-state index contributed by atoms with van der Waals surface area (Å²) in [5.74, 6) is -1.06. The van der Waals surface area contributed by atoms with E-state index in [1.165, 1.54) is 6.07 Å². The van der Waals surface area contributed by atoms with E-state index >= 15 is 0 Å². The van der Waals surface area contributed by atoms with Crippen LogP contribution in [0.3, 0.4) is 0 Å². The number of carboxylic acid groups (broad SMARTS) is 2. The zero-order valence-electron chi connectivity index (χ0n) is 18.9. The number of carbonyl (C=O) groups is 2. The van der Waals surface area contributed by atoms with Gasteiger partial charge in [0.1, 0.15) is 22.6 Å². The normalized spacial score (nSPS) is 9.39. The van der Waals surface area contributed by atoms with Gasteiger partial charge in [0.05, 0.1) is 13.2 Å². The van der Waals surface area contributed by atoms with E-state index in [1.807, 2.05) is 26.8 Å². The molecule has 0 unspecified atom stereocenters. The van der Waals surface area contributed by atoms with Gasteiger partial charge in [-0.1, -0.05) is 23.8 Å². The molecule has 17 heteroatoms. The van der Waals surface area contributed by atoms with Crippen LogP contribution in [0.2, 0.25) is 0 Å². The number of rotatable bonds is 6. The molecule has 2 aromatic carbocycles. The number of para-hydroxylation sites is 1. The number of ether oxygens (including phenoxy) is 2. The van der Waals surface area contributed by atoms with Gasteiger partial charge in [0, 0.05) is 69.3 Å². The molecule has 2 aromatic rings. The molecule has 206 valence electrons. The number of halogens is 5. The van der Waals surface area contributed by atoms with Gasteiger partial charge >= 0.3 is 21.3 Å². The van der Waals surface area contributed by atoms with Crippen molar-refractivity contribution in [3.63, 3.8) is 0 Å². The van der Waals surface area contributed by atoms with E-state index in [9.17, 15) is 9.59 Å². The maximum absolute atomic E-state index is 10.8. The Labute approximate surface area is 248 Å². The second-order valence-electron chi connectivity index (χ2n) is 5.57. The number of benzene rings is 2. The molecule has 0 aromatic heterocycles. The summed E-state index contributed by atoms with van der Waals surface area (Å²) >= 11 is 4.24. The van der Waals surface area contributed by atoms with Crippen molar-refractivity contribution in [2.24, 2.45) is 0 Å². The molecule has 0 saturated carbocycles. The van der Waals surface area contributed by atoms with E-state index in [-0.39, 0.29) is 11.1 Å². The van der Waals surface area contributed by atoms with E-state index < -0.39 is 30.5 Å². The average molecular weight is 836 g/mol. The summed E-state index contributed by atoms with van der Waals surface area (Å²) in [6.07, 6.45) is 0. The minimum Gasteiger partial charge on any atom is -0.493 e. The predicted molar refractivity (Wildman–Crippen MR) is 159 cm³/mol. The molecule has 10 nitrogen and oxygen atoms in total. The van der Waals surface area contributed by atoms with Gasteiger partial charge in [-0.3, -0.25) is 4.55 Å². The first-order valence-electron chi connectivity index (χ1n) is 9.11. The Balaban J connectivity index is -0.000000435. The van der Waals surface area contributed by atoms with Crippen molar-refractivity contribution in [3.8, 4) is 11.5 Å². The minimum absolute atomic E-state index is 0.208. The quantitative estimate of drug-likeness (QED) is 0.162. The Kier molecular flexibility index (Phi) is 26.0. The zero-order valence-corrected chi connectivity index (χ0v) is 27.1. The lowest BCUT2D eigenvalue weighted by Crippen LogP contribution is -2.02. The van der Waals surface area contributed by atoms with Gasteiger partial charge in [-0.2, -0.15) is 8.42 Å². The number of carboxylic acids is 2. The maximum Gasteiger partial charge on any atom is 0.353 e. The average Bonchev–Trinajstić information content (AvgIpc) is 2.76. The van der Waals surface area contributed by atoms with Gasteiger partial charge in [-0.05, 0) is 45.0 Å². The fourth-order valence-corrected chi connectivity index (χ4v) is 2.02. The lowest BCUT2D eigenvalue weighted by Gasteiger charge is -2.06. The standard InChI is InChI=1S/C10H12O3.C9H10O3.Cl2OS.ClHO3S.I2/c1-3-13-9-5-4-7(2)6-8(9)10(11)12;1-2-12-8-6-4-3-5-7(8)9(10)11;1-4(2)3;1-5(2,3)4;1-2/h4-6H,3H2,1-2H3,(H,11,12);3-6H,2H2,1H3,(H,10,11);;(H,2,3,4);. The van der Waals surface area contributed by atoms with E-state index in [1.54, 1.807) is 30.3 Å². The Hall–Kier alpha value is -0.630. The third kappa shape index (κ3) is 25.0. The van der Waals surface area contributed by atoms with E-state index in [0.717, 1.165) is 5.56 Å². The topological polar surface area (TPSA) is 164 Å². The van der Waals surface area contributed by atoms with Crippen molar-refractivity contribution in [1.82, 2.24) is 0 Å². The SMILES string of the molecule is CCOc1ccc(C)cc1C(=O)O.CCOc1ccccc1C(=O)O.II.O=S(=O)(O)Cl.O=S(Cl)Cl. The molecule has 0 aliphatic rings. The Bertz CT molecular complexity index is 1050. The van der Waals surface area contributed by atoms with Crippen LogP contribution in [0, 0.1) is 6.92 Å². The third-order valence-corrected chi connectivity index (χ3v) is 3.08. The summed E-state index contributed by atoms with van der Waals surface area (Å²) in [4.78, 5) is 21.4. The van der Waals surface area contributed by atoms with Crippen LogP contribution < -0.4 is 9.47 Å². The van der Waals surface area contributed by atoms with Gasteiger partial charge in [0.25, 0.3) is 0 Å². The van der Waals surface area contributed by atoms with Crippen molar-refractivity contribution >= 4 is 99.8 Å². The van der Waals surface area contributed by atoms with Gasteiger partial charge in [0.2, 0.25) is 9.23 Å². The van der Waals surface area contributed by atoms with Crippen LogP contribution in [0.25, 0.3) is 0 Å². The lowest BCUT2D eigenvalue weighted by molar-refractivity contribution is 0.0681. The highest BCUT2D eigenvalue weighted by Gasteiger charge is 2.10. The predicted octanol–water partition coefficient (Wildman–Crippen LogP) is 6.72. The lowest BCUT2D eigenvalue weighted by atomic mass is 10.1. The second-order valence-corrected chi connectivity index (χ2v) is 10.1. The molecule has 0 saturated heterocycles. The molecule has 0 spiro atoms. The molecule has 3 N–H and O–H groups in total. The van der Waals surface area contributed by atoms with Crippen LogP contribution in [-0.2, 0) is 18.6 Å². The molecule has 0 aliphatic heterocycles. The molecule has 0 bridgehead atoms. The van der Waals surface area contributed by atoms with Crippen molar-refractivity contribution in [3.05, 3.63) is 59.2 Å². The smallest absolute Gasteiger partial charge is 0.353 e. The maximum atomic E-state index is 10.8. The molecular weight excluding hydrogens is 813 g/mol. The fourth-order valence-electron chi connectivity index (χ4n) is 2.02. The highest BCUT2D eigenvalue weighted by molar-refractivity contribution is 15.0. The second kappa shape index (κ2) is 23.5. The minimum atomic E-state index is -4.19. The van der Waals surface area contributed by atoms with Crippen LogP contribution in [-0.4, -0.2) is 52.5 Å². The van der Waals surface area contributed by atoms with Crippen LogP contribution in [0.5, 0.6) is 11.5 Å². The molecule has 0 fully saturated rings. The number of aromatic carboxylic acids is 2. The summed E-state index contributed by atoms with van der Waals surface area (Å²) in [7, 11) is 7.22. The highest BCUT2D eigenvalue weighted by atomic mass is 128. The van der Waals surface area contributed by atoms with Crippen LogP contribution >= 0.6 is 69.3 Å². The molecule has 0 heterocycles. The Morgan fingerprint density at radius 2 is 1.28 bits per heavy atom. The van der Waals surface area contributed by atoms with Crippen molar-refractivity contribution in [2.45, 2.75) is 20.8 Å². The summed E-state index contributed by atoms with van der Waals surface area (Å²) in [5, 5.41) is 17.5. The summed E-state index contributed by atoms with van der Waals surface area (Å²) in [5.41, 5.74) is 1.35. The third-order valence-electron chi connectivity index (χ3n) is 3.08. The first-order valence-corrected chi connectivity index (χ1v) is 20.5. The molecule has 0 radical (unpaired) electrons. The van der Waals surface area contributed by atoms with Gasteiger partial charge in [0.15, 0.2) is 0 Å². The van der Waals surface area contributed by atoms with Gasteiger partial charge in [-0.15, -0.1) is 0 Å². The summed E-state index contributed by atoms with van der Waals surface area (Å²) < 4.78 is 44.5. The van der Waals surface area contributed by atoms with Crippen molar-refractivity contribution < 1.29 is 46.5 Å². The first kappa shape index (κ1) is 39.9. The summed E-state index contributed by atoms with van der Waals surface area (Å²) in [6.45, 7) is 6.44. The molecule has 36 heavy (non-hydrogen) atoms. The van der Waals surface area contributed by atoms with E-state index in [4.69, 9.17) is 36.9 Å². The molecule has 0 atom stereocenters. The van der Waals surface area contributed by atoms with Gasteiger partial charge < -0.3 is 19.7 Å². The first-order chi connectivity index (χ1) is 16.6. The summed E-state index contributed by atoms with van der Waals surface area (Å²) in [6, 6.07) is 11.7. The monoisotopic (exact) mass is 834 g/mol. The largest absolute Gasteiger partial charge is 0.493 e. The van der Waals surface area contributed by atoms with Crippen LogP contribution in [0.1, 0.15) is 40.1 Å². The molecule has 2 rings (SSSR count). The van der Waals surface area contributed by atoms with Crippen LogP contribution in [0.15, 0.2) is 42.5 Å². The van der Waals surface area contributed by atoms with E-state index in [0.29, 0.717) is 24.7 Å². The molecule has 0 aliphatic carbocycles. The van der Waals surface area contributed by atoms with Crippen molar-refractivity contribution in [2.75, 3.05) is 13.2 Å². The Morgan fingerprint density at radius 1 is 0.917 bits per heavy atom. The molecule has 0 amide bonds. The van der Waals surface area contributed by atoms with E-state index in [2.05, 4.69) is 69.3 Å². The van der Waals surface area contributed by atoms with Crippen molar-refractivity contribution in [1.29, 1.82) is 0 Å².